The summed E-state index contributed by atoms with van der Waals surface area (Å²) in [6.07, 6.45) is 0. The highest BCUT2D eigenvalue weighted by atomic mass is 16.2. The molecule has 0 aliphatic rings. The molecule has 0 fully saturated rings. The van der Waals surface area contributed by atoms with E-state index >= 15 is 0 Å². The van der Waals surface area contributed by atoms with Crippen molar-refractivity contribution in [2.24, 2.45) is 5.84 Å². The van der Waals surface area contributed by atoms with Gasteiger partial charge in [-0.2, -0.15) is 0 Å². The third-order valence-electron chi connectivity index (χ3n) is 2.50. The highest BCUT2D eigenvalue weighted by Crippen LogP contribution is 2.15. The van der Waals surface area contributed by atoms with Crippen LogP contribution < -0.4 is 16.2 Å². The number of hydrazine groups is 1. The van der Waals surface area contributed by atoms with E-state index in [-0.39, 0.29) is 12.5 Å². The molecule has 1 aromatic heterocycles. The van der Waals surface area contributed by atoms with Gasteiger partial charge in [0.2, 0.25) is 5.91 Å². The highest BCUT2D eigenvalue weighted by Gasteiger charge is 2.14. The Balaban J connectivity index is 2.94. The smallest absolute Gasteiger partial charge is 0.241 e. The minimum atomic E-state index is 0.0235. The number of carbonyl (C=O) groups excluding carboxylic acids is 1. The standard InChI is InChI=1S/C11H20N6O/c1-5-17(7-11(18)16(3)4)10-6-9(15-12)13-8(2)14-10/h6H,5,7,12H2,1-4H3,(H,13,14,15). The maximum Gasteiger partial charge on any atom is 0.241 e. The van der Waals surface area contributed by atoms with E-state index in [2.05, 4.69) is 15.4 Å². The molecule has 3 N–H and O–H groups in total. The quantitative estimate of drug-likeness (QED) is 0.566. The lowest BCUT2D eigenvalue weighted by atomic mass is 10.4. The zero-order valence-corrected chi connectivity index (χ0v) is 11.3. The van der Waals surface area contributed by atoms with Gasteiger partial charge >= 0.3 is 0 Å². The van der Waals surface area contributed by atoms with Crippen molar-refractivity contribution in [2.75, 3.05) is 37.5 Å². The van der Waals surface area contributed by atoms with Gasteiger partial charge in [0.25, 0.3) is 0 Å². The summed E-state index contributed by atoms with van der Waals surface area (Å²) in [6, 6.07) is 1.72. The van der Waals surface area contributed by atoms with Crippen molar-refractivity contribution in [3.05, 3.63) is 11.9 Å². The predicted molar refractivity (Wildman–Crippen MR) is 71.2 cm³/mol. The monoisotopic (exact) mass is 252 g/mol. The van der Waals surface area contributed by atoms with Crippen LogP contribution in [0.25, 0.3) is 0 Å². The van der Waals surface area contributed by atoms with Gasteiger partial charge in [-0.3, -0.25) is 4.79 Å². The molecule has 0 radical (unpaired) electrons. The van der Waals surface area contributed by atoms with Crippen LogP contribution in [-0.4, -0.2) is 48.0 Å². The Morgan fingerprint density at radius 2 is 2.11 bits per heavy atom. The van der Waals surface area contributed by atoms with E-state index < -0.39 is 0 Å². The summed E-state index contributed by atoms with van der Waals surface area (Å²) in [4.78, 5) is 23.6. The van der Waals surface area contributed by atoms with Crippen LogP contribution in [-0.2, 0) is 4.79 Å². The summed E-state index contributed by atoms with van der Waals surface area (Å²) in [6.45, 7) is 4.71. The Hall–Kier alpha value is -1.89. The number of hydrogen-bond donors (Lipinski definition) is 2. The van der Waals surface area contributed by atoms with Crippen LogP contribution in [0.3, 0.4) is 0 Å². The molecule has 1 aromatic rings. The Morgan fingerprint density at radius 1 is 1.44 bits per heavy atom. The molecule has 0 spiro atoms. The second-order valence-electron chi connectivity index (χ2n) is 4.11. The van der Waals surface area contributed by atoms with Crippen LogP contribution in [0, 0.1) is 6.92 Å². The molecule has 0 aliphatic heterocycles. The van der Waals surface area contributed by atoms with Crippen molar-refractivity contribution in [1.29, 1.82) is 0 Å². The van der Waals surface area contributed by atoms with Crippen LogP contribution in [0.15, 0.2) is 6.07 Å². The second kappa shape index (κ2) is 6.15. The molecule has 0 saturated heterocycles. The molecule has 1 amide bonds. The second-order valence-corrected chi connectivity index (χ2v) is 4.11. The first kappa shape index (κ1) is 14.2. The van der Waals surface area contributed by atoms with Crippen molar-refractivity contribution in [2.45, 2.75) is 13.8 Å². The van der Waals surface area contributed by atoms with Crippen molar-refractivity contribution in [1.82, 2.24) is 14.9 Å². The van der Waals surface area contributed by atoms with Crippen molar-refractivity contribution >= 4 is 17.5 Å². The number of hydrogen-bond acceptors (Lipinski definition) is 6. The lowest BCUT2D eigenvalue weighted by molar-refractivity contribution is -0.127. The van der Waals surface area contributed by atoms with Gasteiger partial charge in [-0.1, -0.05) is 0 Å². The van der Waals surface area contributed by atoms with Crippen molar-refractivity contribution in [3.8, 4) is 0 Å². The number of aromatic nitrogens is 2. The molecule has 1 rings (SSSR count). The van der Waals surface area contributed by atoms with E-state index in [4.69, 9.17) is 5.84 Å². The summed E-state index contributed by atoms with van der Waals surface area (Å²) in [5, 5.41) is 0. The number of amides is 1. The van der Waals surface area contributed by atoms with Gasteiger partial charge in [-0.15, -0.1) is 0 Å². The van der Waals surface area contributed by atoms with E-state index in [0.717, 1.165) is 0 Å². The first-order valence-corrected chi connectivity index (χ1v) is 5.75. The van der Waals surface area contributed by atoms with E-state index in [1.54, 1.807) is 32.0 Å². The maximum absolute atomic E-state index is 11.7. The van der Waals surface area contributed by atoms with E-state index in [1.165, 1.54) is 0 Å². The third-order valence-corrected chi connectivity index (χ3v) is 2.50. The van der Waals surface area contributed by atoms with Gasteiger partial charge < -0.3 is 15.2 Å². The topological polar surface area (TPSA) is 87.4 Å². The molecule has 100 valence electrons. The first-order chi connectivity index (χ1) is 8.47. The lowest BCUT2D eigenvalue weighted by Crippen LogP contribution is -2.37. The SMILES string of the molecule is CCN(CC(=O)N(C)C)c1cc(NN)nc(C)n1. The molecular formula is C11H20N6O. The Kier molecular flexibility index (Phi) is 4.85. The summed E-state index contributed by atoms with van der Waals surface area (Å²) in [5.41, 5.74) is 2.49. The molecule has 7 nitrogen and oxygen atoms in total. The number of nitrogen functional groups attached to an aromatic ring is 1. The Morgan fingerprint density at radius 3 is 2.61 bits per heavy atom. The largest absolute Gasteiger partial charge is 0.347 e. The zero-order valence-electron chi connectivity index (χ0n) is 11.3. The minimum Gasteiger partial charge on any atom is -0.347 e. The van der Waals surface area contributed by atoms with Gasteiger partial charge in [0.05, 0.1) is 6.54 Å². The van der Waals surface area contributed by atoms with Gasteiger partial charge in [0.15, 0.2) is 0 Å². The van der Waals surface area contributed by atoms with Gasteiger partial charge in [0, 0.05) is 26.7 Å². The Labute approximate surface area is 107 Å². The van der Waals surface area contributed by atoms with Crippen LogP contribution in [0.2, 0.25) is 0 Å². The number of nitrogens with two attached hydrogens (primary N) is 1. The number of carbonyl (C=O) groups is 1. The van der Waals surface area contributed by atoms with Crippen LogP contribution in [0.4, 0.5) is 11.6 Å². The number of aryl methyl sites for hydroxylation is 1. The lowest BCUT2D eigenvalue weighted by Gasteiger charge is -2.23. The summed E-state index contributed by atoms with van der Waals surface area (Å²) in [5.74, 6) is 7.20. The summed E-state index contributed by atoms with van der Waals surface area (Å²) >= 11 is 0. The summed E-state index contributed by atoms with van der Waals surface area (Å²) < 4.78 is 0. The molecule has 18 heavy (non-hydrogen) atoms. The molecule has 0 unspecified atom stereocenters. The van der Waals surface area contributed by atoms with E-state index in [9.17, 15) is 4.79 Å². The molecular weight excluding hydrogens is 232 g/mol. The molecule has 0 aromatic carbocycles. The minimum absolute atomic E-state index is 0.0235. The highest BCUT2D eigenvalue weighted by molar-refractivity contribution is 5.80. The molecule has 1 heterocycles. The normalized spacial score (nSPS) is 10.1. The number of anilines is 2. The maximum atomic E-state index is 11.7. The predicted octanol–water partition coefficient (Wildman–Crippen LogP) is -0.0149. The molecule has 0 atom stereocenters. The van der Waals surface area contributed by atoms with Crippen molar-refractivity contribution in [3.63, 3.8) is 0 Å². The molecule has 0 saturated carbocycles. The first-order valence-electron chi connectivity index (χ1n) is 5.75. The van der Waals surface area contributed by atoms with Gasteiger partial charge in [-0.25, -0.2) is 15.8 Å². The Bertz CT molecular complexity index is 420. The van der Waals surface area contributed by atoms with Crippen molar-refractivity contribution < 1.29 is 4.79 Å². The van der Waals surface area contributed by atoms with Crippen LogP contribution in [0.1, 0.15) is 12.7 Å². The fourth-order valence-corrected chi connectivity index (χ4v) is 1.45. The number of nitrogens with one attached hydrogen (secondary N) is 1. The molecule has 0 aliphatic carbocycles. The van der Waals surface area contributed by atoms with Gasteiger partial charge in [0.1, 0.15) is 17.5 Å². The number of rotatable bonds is 5. The zero-order chi connectivity index (χ0) is 13.7. The number of nitrogens with zero attached hydrogens (tertiary/aromatic N) is 4. The third kappa shape index (κ3) is 3.56. The van der Waals surface area contributed by atoms with E-state index in [0.29, 0.717) is 24.0 Å². The summed E-state index contributed by atoms with van der Waals surface area (Å²) in [7, 11) is 3.46. The van der Waals surface area contributed by atoms with E-state index in [1.807, 2.05) is 11.8 Å². The number of likely N-dealkylation sites (N-methyl/N-ethyl adjacent to an activating group) is 2. The molecule has 7 heteroatoms. The van der Waals surface area contributed by atoms with Crippen LogP contribution >= 0.6 is 0 Å². The average Bonchev–Trinajstić information content (AvgIpc) is 2.34. The molecule has 0 bridgehead atoms. The fourth-order valence-electron chi connectivity index (χ4n) is 1.45. The van der Waals surface area contributed by atoms with Crippen LogP contribution in [0.5, 0.6) is 0 Å². The average molecular weight is 252 g/mol. The van der Waals surface area contributed by atoms with Gasteiger partial charge in [-0.05, 0) is 13.8 Å². The fraction of sp³-hybridized carbons (Fsp3) is 0.545.